The number of aromatic nitrogens is 1. The molecular formula is C26H30FN5O3. The molecule has 2 aromatic rings. The zero-order valence-electron chi connectivity index (χ0n) is 20.3. The van der Waals surface area contributed by atoms with E-state index in [9.17, 15) is 14.0 Å². The van der Waals surface area contributed by atoms with E-state index in [1.807, 2.05) is 31.7 Å². The number of halogens is 1. The number of pyridine rings is 1. The lowest BCUT2D eigenvalue weighted by atomic mass is 10.1. The zero-order valence-corrected chi connectivity index (χ0v) is 20.3. The van der Waals surface area contributed by atoms with Crippen LogP contribution >= 0.6 is 0 Å². The maximum absolute atomic E-state index is 14.3. The first-order valence-corrected chi connectivity index (χ1v) is 11.9. The van der Waals surface area contributed by atoms with Crippen LogP contribution in [0.3, 0.4) is 0 Å². The molecule has 1 N–H and O–H groups in total. The number of anilines is 1. The maximum Gasteiger partial charge on any atom is 0.410 e. The fourth-order valence-electron chi connectivity index (χ4n) is 3.92. The van der Waals surface area contributed by atoms with Crippen LogP contribution < -0.4 is 10.2 Å². The van der Waals surface area contributed by atoms with Gasteiger partial charge in [-0.2, -0.15) is 5.26 Å². The van der Waals surface area contributed by atoms with E-state index in [1.54, 1.807) is 23.1 Å². The summed E-state index contributed by atoms with van der Waals surface area (Å²) in [4.78, 5) is 34.0. The van der Waals surface area contributed by atoms with Gasteiger partial charge in [-0.1, -0.05) is 6.07 Å². The Morgan fingerprint density at radius 2 is 1.91 bits per heavy atom. The van der Waals surface area contributed by atoms with Crippen molar-refractivity contribution in [1.29, 1.82) is 5.26 Å². The first-order valence-electron chi connectivity index (χ1n) is 11.9. The number of amides is 2. The van der Waals surface area contributed by atoms with Crippen molar-refractivity contribution in [3.05, 3.63) is 47.3 Å². The van der Waals surface area contributed by atoms with E-state index in [0.717, 1.165) is 12.8 Å². The molecule has 1 saturated heterocycles. The molecule has 0 bridgehead atoms. The highest BCUT2D eigenvalue weighted by molar-refractivity contribution is 5.99. The summed E-state index contributed by atoms with van der Waals surface area (Å²) in [6.45, 7) is 7.54. The second-order valence-corrected chi connectivity index (χ2v) is 9.93. The third-order valence-corrected chi connectivity index (χ3v) is 5.86. The lowest BCUT2D eigenvalue weighted by molar-refractivity contribution is 0.0263. The number of hydrogen-bond acceptors (Lipinski definition) is 6. The van der Waals surface area contributed by atoms with Crippen LogP contribution in [0.2, 0.25) is 0 Å². The van der Waals surface area contributed by atoms with E-state index in [0.29, 0.717) is 55.2 Å². The molecule has 2 fully saturated rings. The first kappa shape index (κ1) is 24.5. The Balaban J connectivity index is 1.62. The summed E-state index contributed by atoms with van der Waals surface area (Å²) in [6, 6.07) is 9.75. The predicted molar refractivity (Wildman–Crippen MR) is 129 cm³/mol. The van der Waals surface area contributed by atoms with Gasteiger partial charge in [-0.3, -0.25) is 4.79 Å². The highest BCUT2D eigenvalue weighted by Crippen LogP contribution is 2.28. The average molecular weight is 480 g/mol. The summed E-state index contributed by atoms with van der Waals surface area (Å²) >= 11 is 0. The fraction of sp³-hybridized carbons (Fsp3) is 0.462. The average Bonchev–Trinajstić information content (AvgIpc) is 3.64. The number of ether oxygens (including phenoxy) is 1. The first-order chi connectivity index (χ1) is 16.6. The van der Waals surface area contributed by atoms with E-state index >= 15 is 0 Å². The molecule has 1 saturated carbocycles. The normalized spacial score (nSPS) is 16.3. The van der Waals surface area contributed by atoms with Gasteiger partial charge in [0.15, 0.2) is 0 Å². The van der Waals surface area contributed by atoms with Crippen LogP contribution in [0.5, 0.6) is 0 Å². The molecule has 0 unspecified atom stereocenters. The van der Waals surface area contributed by atoms with Crippen molar-refractivity contribution in [2.45, 2.75) is 51.7 Å². The van der Waals surface area contributed by atoms with Gasteiger partial charge in [-0.25, -0.2) is 14.2 Å². The van der Waals surface area contributed by atoms with Gasteiger partial charge in [0.1, 0.15) is 23.3 Å². The van der Waals surface area contributed by atoms with Gasteiger partial charge in [0.2, 0.25) is 0 Å². The van der Waals surface area contributed by atoms with Crippen molar-refractivity contribution in [1.82, 2.24) is 15.2 Å². The van der Waals surface area contributed by atoms with Crippen molar-refractivity contribution >= 4 is 17.8 Å². The minimum atomic E-state index is -0.619. The topological polar surface area (TPSA) is 98.6 Å². The number of rotatable bonds is 4. The standard InChI is InChI=1S/C26H30FN5O3/c1-26(2,3)35-25(34)32-12-4-11-31(13-14-32)23-20(24(33)29-19-7-8-19)9-10-22(30-23)17-5-6-18(16-28)21(27)15-17/h5-6,9-10,15,19H,4,7-8,11-14H2,1-3H3,(H,29,33). The molecule has 8 nitrogen and oxygen atoms in total. The molecule has 2 heterocycles. The number of benzene rings is 1. The number of carbonyl (C=O) groups excluding carboxylic acids is 2. The summed E-state index contributed by atoms with van der Waals surface area (Å²) < 4.78 is 19.8. The lowest BCUT2D eigenvalue weighted by Gasteiger charge is -2.27. The summed E-state index contributed by atoms with van der Waals surface area (Å²) in [5, 5.41) is 12.0. The fourth-order valence-corrected chi connectivity index (χ4v) is 3.92. The molecule has 0 atom stereocenters. The minimum Gasteiger partial charge on any atom is -0.444 e. The summed E-state index contributed by atoms with van der Waals surface area (Å²) in [5.74, 6) is -0.316. The molecule has 4 rings (SSSR count). The molecule has 1 aliphatic heterocycles. The molecule has 35 heavy (non-hydrogen) atoms. The van der Waals surface area contributed by atoms with Gasteiger partial charge >= 0.3 is 6.09 Å². The van der Waals surface area contributed by atoms with E-state index in [4.69, 9.17) is 15.0 Å². The Kier molecular flexibility index (Phi) is 6.92. The third kappa shape index (κ3) is 6.07. The highest BCUT2D eigenvalue weighted by Gasteiger charge is 2.29. The van der Waals surface area contributed by atoms with Crippen molar-refractivity contribution in [3.8, 4) is 17.3 Å². The van der Waals surface area contributed by atoms with Crippen molar-refractivity contribution < 1.29 is 18.7 Å². The minimum absolute atomic E-state index is 0.0378. The number of nitrogens with zero attached hydrogens (tertiary/aromatic N) is 4. The molecule has 184 valence electrons. The Bertz CT molecular complexity index is 1170. The van der Waals surface area contributed by atoms with Gasteiger partial charge in [-0.15, -0.1) is 0 Å². The molecule has 2 amide bonds. The van der Waals surface area contributed by atoms with Crippen LogP contribution in [0.4, 0.5) is 15.0 Å². The second-order valence-electron chi connectivity index (χ2n) is 9.93. The summed E-state index contributed by atoms with van der Waals surface area (Å²) in [6.07, 6.45) is 2.25. The van der Waals surface area contributed by atoms with Crippen LogP contribution in [0.1, 0.15) is 56.0 Å². The quantitative estimate of drug-likeness (QED) is 0.709. The molecule has 1 aliphatic carbocycles. The Labute approximate surface area is 204 Å². The largest absolute Gasteiger partial charge is 0.444 e. The predicted octanol–water partition coefficient (Wildman–Crippen LogP) is 4.10. The molecular weight excluding hydrogens is 449 g/mol. The molecule has 1 aromatic carbocycles. The van der Waals surface area contributed by atoms with E-state index < -0.39 is 11.4 Å². The molecule has 0 radical (unpaired) electrons. The maximum atomic E-state index is 14.3. The Morgan fingerprint density at radius 1 is 1.14 bits per heavy atom. The molecule has 0 spiro atoms. The van der Waals surface area contributed by atoms with Crippen LogP contribution in [0.15, 0.2) is 30.3 Å². The van der Waals surface area contributed by atoms with E-state index in [-0.39, 0.29) is 23.6 Å². The summed E-state index contributed by atoms with van der Waals surface area (Å²) in [7, 11) is 0. The molecule has 2 aliphatic rings. The smallest absolute Gasteiger partial charge is 0.410 e. The summed E-state index contributed by atoms with van der Waals surface area (Å²) in [5.41, 5.74) is 0.843. The van der Waals surface area contributed by atoms with Gasteiger partial charge in [-0.05, 0) is 64.3 Å². The van der Waals surface area contributed by atoms with Crippen LogP contribution in [-0.2, 0) is 4.74 Å². The Morgan fingerprint density at radius 3 is 2.57 bits per heavy atom. The molecule has 1 aromatic heterocycles. The van der Waals surface area contributed by atoms with Gasteiger partial charge in [0.05, 0.1) is 16.8 Å². The number of nitriles is 1. The van der Waals surface area contributed by atoms with Gasteiger partial charge in [0.25, 0.3) is 5.91 Å². The zero-order chi connectivity index (χ0) is 25.2. The number of nitrogens with one attached hydrogen (secondary N) is 1. The number of carbonyl (C=O) groups is 2. The van der Waals surface area contributed by atoms with Gasteiger partial charge in [0, 0.05) is 37.8 Å². The molecule has 9 heteroatoms. The van der Waals surface area contributed by atoms with Crippen LogP contribution in [-0.4, -0.2) is 59.7 Å². The van der Waals surface area contributed by atoms with Crippen molar-refractivity contribution in [2.24, 2.45) is 0 Å². The number of hydrogen-bond donors (Lipinski definition) is 1. The van der Waals surface area contributed by atoms with Crippen molar-refractivity contribution in [2.75, 3.05) is 31.1 Å². The SMILES string of the molecule is CC(C)(C)OC(=O)N1CCCN(c2nc(-c3ccc(C#N)c(F)c3)ccc2C(=O)NC2CC2)CC1. The lowest BCUT2D eigenvalue weighted by Crippen LogP contribution is -2.39. The second kappa shape index (κ2) is 9.90. The van der Waals surface area contributed by atoms with E-state index in [2.05, 4.69) is 5.32 Å². The van der Waals surface area contributed by atoms with Crippen LogP contribution in [0.25, 0.3) is 11.3 Å². The van der Waals surface area contributed by atoms with Crippen LogP contribution in [0, 0.1) is 17.1 Å². The Hall–Kier alpha value is -3.67. The monoisotopic (exact) mass is 479 g/mol. The third-order valence-electron chi connectivity index (χ3n) is 5.86. The highest BCUT2D eigenvalue weighted by atomic mass is 19.1. The van der Waals surface area contributed by atoms with E-state index in [1.165, 1.54) is 12.1 Å². The van der Waals surface area contributed by atoms with Crippen molar-refractivity contribution in [3.63, 3.8) is 0 Å². The van der Waals surface area contributed by atoms with Gasteiger partial charge < -0.3 is 19.9 Å².